The van der Waals surface area contributed by atoms with E-state index in [9.17, 15) is 4.79 Å². The Morgan fingerprint density at radius 2 is 2.04 bits per heavy atom. The van der Waals surface area contributed by atoms with Crippen molar-refractivity contribution in [2.75, 3.05) is 13.1 Å². The van der Waals surface area contributed by atoms with Crippen molar-refractivity contribution in [3.05, 3.63) is 17.5 Å². The second-order valence-electron chi connectivity index (χ2n) is 7.15. The lowest BCUT2D eigenvalue weighted by Gasteiger charge is -2.32. The Morgan fingerprint density at radius 1 is 1.28 bits per heavy atom. The molecule has 7 heteroatoms. The number of piperidine rings is 1. The molecule has 1 aliphatic heterocycles. The third-order valence-corrected chi connectivity index (χ3v) is 6.95. The summed E-state index contributed by atoms with van der Waals surface area (Å²) in [6.45, 7) is 6.05. The van der Waals surface area contributed by atoms with Crippen LogP contribution in [0.4, 0.5) is 0 Å². The summed E-state index contributed by atoms with van der Waals surface area (Å²) in [5.74, 6) is 1.92. The number of hydrogen-bond donors (Lipinski definition) is 0. The van der Waals surface area contributed by atoms with E-state index in [1.54, 1.807) is 23.1 Å². The van der Waals surface area contributed by atoms with Gasteiger partial charge in [0.05, 0.1) is 10.1 Å². The molecule has 4 rings (SSSR count). The Balaban J connectivity index is 1.50. The van der Waals surface area contributed by atoms with Crippen LogP contribution in [0.1, 0.15) is 45.6 Å². The first kappa shape index (κ1) is 17.1. The van der Waals surface area contributed by atoms with Crippen LogP contribution in [0.15, 0.2) is 22.7 Å². The summed E-state index contributed by atoms with van der Waals surface area (Å²) in [6, 6.07) is 4.63. The van der Waals surface area contributed by atoms with Crippen LogP contribution < -0.4 is 0 Å². The number of carbonyl (C=O) groups is 1. The number of amides is 1. The fraction of sp³-hybridized carbons (Fsp3) is 0.611. The fourth-order valence-electron chi connectivity index (χ4n) is 3.29. The maximum absolute atomic E-state index is 12.8. The van der Waals surface area contributed by atoms with Gasteiger partial charge in [-0.25, -0.2) is 0 Å². The second-order valence-corrected chi connectivity index (χ2v) is 9.41. The molecule has 1 atom stereocenters. The lowest BCUT2D eigenvalue weighted by atomic mass is 9.99. The highest BCUT2D eigenvalue weighted by atomic mass is 32.2. The lowest BCUT2D eigenvalue weighted by Crippen LogP contribution is -2.41. The standard InChI is InChI=1S/C18H24N4OS2/c1-12-7-9-21(10-8-12)17(23)13(2)25-18-20-19-16(15-4-3-11-24-15)22(18)14-5-6-14/h3-4,11-14H,5-10H2,1-2H3. The van der Waals surface area contributed by atoms with Crippen LogP contribution in [0.25, 0.3) is 10.7 Å². The zero-order valence-corrected chi connectivity index (χ0v) is 16.4. The predicted octanol–water partition coefficient (Wildman–Crippen LogP) is 4.08. The average Bonchev–Trinajstić information content (AvgIpc) is 3.14. The molecule has 0 bridgehead atoms. The highest BCUT2D eigenvalue weighted by Crippen LogP contribution is 2.42. The van der Waals surface area contributed by atoms with Crippen molar-refractivity contribution < 1.29 is 4.79 Å². The summed E-state index contributed by atoms with van der Waals surface area (Å²) in [5.41, 5.74) is 0. The third kappa shape index (κ3) is 3.62. The molecule has 0 aromatic carbocycles. The number of aromatic nitrogens is 3. The van der Waals surface area contributed by atoms with Crippen molar-refractivity contribution in [2.24, 2.45) is 5.92 Å². The molecule has 2 aliphatic rings. The molecule has 5 nitrogen and oxygen atoms in total. The summed E-state index contributed by atoms with van der Waals surface area (Å²) in [4.78, 5) is 16.0. The molecule has 2 aromatic heterocycles. The van der Waals surface area contributed by atoms with Gasteiger partial charge in [-0.05, 0) is 50.0 Å². The van der Waals surface area contributed by atoms with E-state index in [-0.39, 0.29) is 11.2 Å². The van der Waals surface area contributed by atoms with E-state index < -0.39 is 0 Å². The van der Waals surface area contributed by atoms with Gasteiger partial charge in [0.25, 0.3) is 0 Å². The molecule has 1 aliphatic carbocycles. The predicted molar refractivity (Wildman–Crippen MR) is 102 cm³/mol. The molecule has 1 saturated carbocycles. The smallest absolute Gasteiger partial charge is 0.235 e. The largest absolute Gasteiger partial charge is 0.342 e. The number of rotatable bonds is 5. The maximum Gasteiger partial charge on any atom is 0.235 e. The van der Waals surface area contributed by atoms with Crippen molar-refractivity contribution in [1.29, 1.82) is 0 Å². The van der Waals surface area contributed by atoms with Gasteiger partial charge in [-0.1, -0.05) is 24.8 Å². The summed E-state index contributed by atoms with van der Waals surface area (Å²) >= 11 is 3.25. The molecule has 25 heavy (non-hydrogen) atoms. The van der Waals surface area contributed by atoms with E-state index in [1.165, 1.54) is 12.8 Å². The number of hydrogen-bond acceptors (Lipinski definition) is 5. The molecule has 1 saturated heterocycles. The number of likely N-dealkylation sites (tertiary alicyclic amines) is 1. The molecule has 134 valence electrons. The Bertz CT molecular complexity index is 730. The van der Waals surface area contributed by atoms with Crippen LogP contribution >= 0.6 is 23.1 Å². The minimum Gasteiger partial charge on any atom is -0.342 e. The first-order valence-electron chi connectivity index (χ1n) is 9.07. The van der Waals surface area contributed by atoms with E-state index in [1.807, 2.05) is 17.9 Å². The number of carbonyl (C=O) groups excluding carboxylic acids is 1. The Kier molecular flexibility index (Phi) is 4.86. The summed E-state index contributed by atoms with van der Waals surface area (Å²) in [7, 11) is 0. The zero-order valence-electron chi connectivity index (χ0n) is 14.7. The van der Waals surface area contributed by atoms with Gasteiger partial charge in [0.15, 0.2) is 11.0 Å². The molecule has 1 unspecified atom stereocenters. The van der Waals surface area contributed by atoms with Gasteiger partial charge < -0.3 is 4.90 Å². The zero-order chi connectivity index (χ0) is 17.4. The molecule has 0 spiro atoms. The number of nitrogens with zero attached hydrogens (tertiary/aromatic N) is 4. The lowest BCUT2D eigenvalue weighted by molar-refractivity contribution is -0.131. The molecule has 3 heterocycles. The molecular formula is C18H24N4OS2. The van der Waals surface area contributed by atoms with Crippen LogP contribution in [0, 0.1) is 5.92 Å². The monoisotopic (exact) mass is 376 g/mol. The van der Waals surface area contributed by atoms with Crippen molar-refractivity contribution in [1.82, 2.24) is 19.7 Å². The van der Waals surface area contributed by atoms with E-state index in [0.717, 1.165) is 47.7 Å². The van der Waals surface area contributed by atoms with Gasteiger partial charge in [-0.15, -0.1) is 21.5 Å². The van der Waals surface area contributed by atoms with Crippen molar-refractivity contribution in [2.45, 2.75) is 56.0 Å². The summed E-state index contributed by atoms with van der Waals surface area (Å²) in [5, 5.41) is 11.7. The SMILES string of the molecule is CC1CCN(C(=O)C(C)Sc2nnc(-c3cccs3)n2C2CC2)CC1. The Labute approximate surface area is 156 Å². The van der Waals surface area contributed by atoms with E-state index >= 15 is 0 Å². The Hall–Kier alpha value is -1.34. The van der Waals surface area contributed by atoms with Crippen LogP contribution in [0.3, 0.4) is 0 Å². The van der Waals surface area contributed by atoms with Gasteiger partial charge in [-0.3, -0.25) is 9.36 Å². The van der Waals surface area contributed by atoms with Gasteiger partial charge in [0.2, 0.25) is 5.91 Å². The normalized spacial score (nSPS) is 20.0. The molecule has 0 radical (unpaired) electrons. The van der Waals surface area contributed by atoms with E-state index in [2.05, 4.69) is 33.1 Å². The highest BCUT2D eigenvalue weighted by molar-refractivity contribution is 8.00. The molecule has 1 amide bonds. The van der Waals surface area contributed by atoms with Gasteiger partial charge in [0, 0.05) is 19.1 Å². The molecule has 2 fully saturated rings. The molecule has 2 aromatic rings. The fourth-order valence-corrected chi connectivity index (χ4v) is 5.00. The van der Waals surface area contributed by atoms with Gasteiger partial charge in [-0.2, -0.15) is 0 Å². The van der Waals surface area contributed by atoms with Crippen LogP contribution in [-0.2, 0) is 4.79 Å². The van der Waals surface area contributed by atoms with Crippen LogP contribution in [-0.4, -0.2) is 43.9 Å². The molecule has 0 N–H and O–H groups in total. The minimum atomic E-state index is -0.119. The number of thiophene rings is 1. The van der Waals surface area contributed by atoms with Crippen molar-refractivity contribution >= 4 is 29.0 Å². The second kappa shape index (κ2) is 7.11. The van der Waals surface area contributed by atoms with E-state index in [0.29, 0.717) is 6.04 Å². The summed E-state index contributed by atoms with van der Waals surface area (Å²) < 4.78 is 2.25. The van der Waals surface area contributed by atoms with Crippen LogP contribution in [0.2, 0.25) is 0 Å². The maximum atomic E-state index is 12.8. The van der Waals surface area contributed by atoms with Crippen molar-refractivity contribution in [3.8, 4) is 10.7 Å². The molecular weight excluding hydrogens is 352 g/mol. The highest BCUT2D eigenvalue weighted by Gasteiger charge is 2.32. The van der Waals surface area contributed by atoms with E-state index in [4.69, 9.17) is 0 Å². The average molecular weight is 377 g/mol. The van der Waals surface area contributed by atoms with Crippen molar-refractivity contribution in [3.63, 3.8) is 0 Å². The first-order chi connectivity index (χ1) is 12.1. The topological polar surface area (TPSA) is 51.0 Å². The summed E-state index contributed by atoms with van der Waals surface area (Å²) in [6.07, 6.45) is 4.58. The first-order valence-corrected chi connectivity index (χ1v) is 10.8. The number of thioether (sulfide) groups is 1. The van der Waals surface area contributed by atoms with Gasteiger partial charge in [0.1, 0.15) is 0 Å². The van der Waals surface area contributed by atoms with Crippen LogP contribution in [0.5, 0.6) is 0 Å². The quantitative estimate of drug-likeness (QED) is 0.738. The van der Waals surface area contributed by atoms with Gasteiger partial charge >= 0.3 is 0 Å². The Morgan fingerprint density at radius 3 is 2.68 bits per heavy atom. The minimum absolute atomic E-state index is 0.119. The third-order valence-electron chi connectivity index (χ3n) is 5.04.